The molecule has 0 bridgehead atoms. The van der Waals surface area contributed by atoms with Crippen LogP contribution in [0.2, 0.25) is 0 Å². The molecule has 0 aliphatic carbocycles. The SMILES string of the molecule is CC(=O)C(C#N)(Cc1cccc(O)c1)c1ccccc1. The number of nitriles is 1. The van der Waals surface area contributed by atoms with E-state index in [4.69, 9.17) is 0 Å². The molecule has 2 aromatic rings. The van der Waals surface area contributed by atoms with Gasteiger partial charge in [0.2, 0.25) is 0 Å². The van der Waals surface area contributed by atoms with Crippen molar-refractivity contribution in [1.29, 1.82) is 5.26 Å². The highest BCUT2D eigenvalue weighted by atomic mass is 16.3. The lowest BCUT2D eigenvalue weighted by molar-refractivity contribution is -0.120. The number of nitrogens with zero attached hydrogens (tertiary/aromatic N) is 1. The first-order valence-electron chi connectivity index (χ1n) is 6.34. The maximum Gasteiger partial charge on any atom is 0.154 e. The van der Waals surface area contributed by atoms with Gasteiger partial charge in [0, 0.05) is 6.42 Å². The van der Waals surface area contributed by atoms with Crippen LogP contribution in [-0.4, -0.2) is 10.9 Å². The Morgan fingerprint density at radius 2 is 1.90 bits per heavy atom. The number of hydrogen-bond acceptors (Lipinski definition) is 3. The number of carbonyl (C=O) groups is 1. The molecule has 3 nitrogen and oxygen atoms in total. The molecule has 0 amide bonds. The summed E-state index contributed by atoms with van der Waals surface area (Å²) in [6, 6.07) is 17.9. The Morgan fingerprint density at radius 1 is 1.20 bits per heavy atom. The highest BCUT2D eigenvalue weighted by Gasteiger charge is 2.37. The Balaban J connectivity index is 2.49. The second-order valence-electron chi connectivity index (χ2n) is 4.79. The summed E-state index contributed by atoms with van der Waals surface area (Å²) in [4.78, 5) is 12.1. The standard InChI is InChI=1S/C17H15NO2/c1-13(19)17(12-18,15-7-3-2-4-8-15)11-14-6-5-9-16(20)10-14/h2-10,20H,11H2,1H3. The topological polar surface area (TPSA) is 61.1 Å². The van der Waals surface area contributed by atoms with Crippen LogP contribution in [0.5, 0.6) is 5.75 Å². The van der Waals surface area contributed by atoms with Crippen molar-refractivity contribution in [2.45, 2.75) is 18.8 Å². The van der Waals surface area contributed by atoms with Gasteiger partial charge >= 0.3 is 0 Å². The highest BCUT2D eigenvalue weighted by molar-refractivity contribution is 5.91. The van der Waals surface area contributed by atoms with Crippen LogP contribution in [0.15, 0.2) is 54.6 Å². The van der Waals surface area contributed by atoms with E-state index >= 15 is 0 Å². The lowest BCUT2D eigenvalue weighted by atomic mass is 9.74. The minimum absolute atomic E-state index is 0.131. The van der Waals surface area contributed by atoms with Crippen molar-refractivity contribution < 1.29 is 9.90 Å². The monoisotopic (exact) mass is 265 g/mol. The number of phenolic OH excluding ortho intramolecular Hbond substituents is 1. The average molecular weight is 265 g/mol. The highest BCUT2D eigenvalue weighted by Crippen LogP contribution is 2.30. The zero-order valence-electron chi connectivity index (χ0n) is 11.2. The number of Topliss-reactive ketones (excluding diaryl/α,β-unsaturated/α-hetero) is 1. The first-order valence-corrected chi connectivity index (χ1v) is 6.34. The zero-order chi connectivity index (χ0) is 14.6. The van der Waals surface area contributed by atoms with E-state index in [2.05, 4.69) is 6.07 Å². The minimum Gasteiger partial charge on any atom is -0.508 e. The molecular weight excluding hydrogens is 250 g/mol. The molecule has 0 fully saturated rings. The molecule has 100 valence electrons. The zero-order valence-corrected chi connectivity index (χ0v) is 11.2. The second kappa shape index (κ2) is 5.58. The number of phenols is 1. The molecule has 2 aromatic carbocycles. The van der Waals surface area contributed by atoms with Gasteiger partial charge in [0.1, 0.15) is 11.2 Å². The van der Waals surface area contributed by atoms with Crippen molar-refractivity contribution in [2.24, 2.45) is 0 Å². The lowest BCUT2D eigenvalue weighted by Gasteiger charge is -2.24. The van der Waals surface area contributed by atoms with Crippen LogP contribution >= 0.6 is 0 Å². The molecule has 0 radical (unpaired) electrons. The fraction of sp³-hybridized carbons (Fsp3) is 0.176. The van der Waals surface area contributed by atoms with Crippen LogP contribution in [0.25, 0.3) is 0 Å². The largest absolute Gasteiger partial charge is 0.508 e. The third kappa shape index (κ3) is 2.55. The summed E-state index contributed by atoms with van der Waals surface area (Å²) in [5, 5.41) is 19.1. The summed E-state index contributed by atoms with van der Waals surface area (Å²) in [6.45, 7) is 1.43. The molecule has 0 heterocycles. The Labute approximate surface area is 118 Å². The Bertz CT molecular complexity index is 658. The number of ketones is 1. The molecule has 0 aliphatic heterocycles. The maximum absolute atomic E-state index is 12.1. The molecule has 1 unspecified atom stereocenters. The Kier molecular flexibility index (Phi) is 3.86. The molecule has 0 saturated heterocycles. The molecule has 0 aromatic heterocycles. The average Bonchev–Trinajstić information content (AvgIpc) is 2.45. The van der Waals surface area contributed by atoms with Crippen molar-refractivity contribution in [2.75, 3.05) is 0 Å². The molecule has 1 atom stereocenters. The normalized spacial score (nSPS) is 13.2. The third-order valence-corrected chi connectivity index (χ3v) is 3.44. The van der Waals surface area contributed by atoms with Gasteiger partial charge in [-0.2, -0.15) is 5.26 Å². The summed E-state index contributed by atoms with van der Waals surface area (Å²) in [7, 11) is 0. The summed E-state index contributed by atoms with van der Waals surface area (Å²) in [5.41, 5.74) is 0.221. The second-order valence-corrected chi connectivity index (χ2v) is 4.79. The summed E-state index contributed by atoms with van der Waals surface area (Å²) in [5.74, 6) is -0.0690. The smallest absolute Gasteiger partial charge is 0.154 e. The van der Waals surface area contributed by atoms with Gasteiger partial charge in [0.15, 0.2) is 5.78 Å². The predicted molar refractivity (Wildman–Crippen MR) is 76.2 cm³/mol. The van der Waals surface area contributed by atoms with Gasteiger partial charge in [-0.15, -0.1) is 0 Å². The van der Waals surface area contributed by atoms with Gasteiger partial charge in [-0.3, -0.25) is 4.79 Å². The van der Waals surface area contributed by atoms with Gasteiger partial charge in [0.25, 0.3) is 0 Å². The van der Waals surface area contributed by atoms with Crippen LogP contribution in [0.4, 0.5) is 0 Å². The summed E-state index contributed by atoms with van der Waals surface area (Å²) in [6.07, 6.45) is 0.247. The van der Waals surface area contributed by atoms with E-state index in [0.717, 1.165) is 5.56 Å². The molecule has 2 rings (SSSR count). The van der Waals surface area contributed by atoms with E-state index in [1.165, 1.54) is 6.92 Å². The molecule has 1 N–H and O–H groups in total. The quantitative estimate of drug-likeness (QED) is 0.924. The van der Waals surface area contributed by atoms with Crippen molar-refractivity contribution in [3.8, 4) is 11.8 Å². The van der Waals surface area contributed by atoms with Gasteiger partial charge < -0.3 is 5.11 Å². The van der Waals surface area contributed by atoms with Crippen molar-refractivity contribution in [3.63, 3.8) is 0 Å². The van der Waals surface area contributed by atoms with E-state index in [-0.39, 0.29) is 18.0 Å². The summed E-state index contributed by atoms with van der Waals surface area (Å²) >= 11 is 0. The van der Waals surface area contributed by atoms with Crippen molar-refractivity contribution in [1.82, 2.24) is 0 Å². The Morgan fingerprint density at radius 3 is 2.45 bits per heavy atom. The number of carbonyl (C=O) groups excluding carboxylic acids is 1. The van der Waals surface area contributed by atoms with E-state index in [0.29, 0.717) is 5.56 Å². The summed E-state index contributed by atoms with van der Waals surface area (Å²) < 4.78 is 0. The van der Waals surface area contributed by atoms with E-state index in [1.807, 2.05) is 18.2 Å². The van der Waals surface area contributed by atoms with Gasteiger partial charge in [-0.05, 0) is 30.2 Å². The van der Waals surface area contributed by atoms with Crippen LogP contribution in [0.3, 0.4) is 0 Å². The predicted octanol–water partition coefficient (Wildman–Crippen LogP) is 2.99. The first-order chi connectivity index (χ1) is 9.58. The van der Waals surface area contributed by atoms with Gasteiger partial charge in [-0.25, -0.2) is 0 Å². The number of hydrogen-bond donors (Lipinski definition) is 1. The van der Waals surface area contributed by atoms with Crippen molar-refractivity contribution >= 4 is 5.78 Å². The Hall–Kier alpha value is -2.60. The van der Waals surface area contributed by atoms with Crippen LogP contribution in [-0.2, 0) is 16.6 Å². The number of aromatic hydroxyl groups is 1. The molecule has 0 aliphatic rings. The van der Waals surface area contributed by atoms with E-state index in [9.17, 15) is 15.2 Å². The van der Waals surface area contributed by atoms with E-state index < -0.39 is 5.41 Å². The maximum atomic E-state index is 12.1. The van der Waals surface area contributed by atoms with Gasteiger partial charge in [-0.1, -0.05) is 42.5 Å². The van der Waals surface area contributed by atoms with Gasteiger partial charge in [0.05, 0.1) is 6.07 Å². The molecule has 0 spiro atoms. The fourth-order valence-electron chi connectivity index (χ4n) is 2.31. The van der Waals surface area contributed by atoms with E-state index in [1.54, 1.807) is 36.4 Å². The fourth-order valence-corrected chi connectivity index (χ4v) is 2.31. The molecular formula is C17H15NO2. The van der Waals surface area contributed by atoms with Crippen LogP contribution in [0, 0.1) is 11.3 Å². The van der Waals surface area contributed by atoms with Crippen LogP contribution < -0.4 is 0 Å². The lowest BCUT2D eigenvalue weighted by Crippen LogP contribution is -2.35. The third-order valence-electron chi connectivity index (χ3n) is 3.44. The molecule has 20 heavy (non-hydrogen) atoms. The van der Waals surface area contributed by atoms with Crippen molar-refractivity contribution in [3.05, 3.63) is 65.7 Å². The molecule has 0 saturated carbocycles. The molecule has 3 heteroatoms. The number of benzene rings is 2. The van der Waals surface area contributed by atoms with Crippen LogP contribution in [0.1, 0.15) is 18.1 Å². The first kappa shape index (κ1) is 13.8. The number of rotatable bonds is 4. The minimum atomic E-state index is -1.21.